The fourth-order valence-electron chi connectivity index (χ4n) is 2.72. The molecule has 0 saturated carbocycles. The van der Waals surface area contributed by atoms with Crippen LogP contribution in [0.15, 0.2) is 54.6 Å². The lowest BCUT2D eigenvalue weighted by Crippen LogP contribution is -2.14. The Bertz CT molecular complexity index is 1020. The van der Waals surface area contributed by atoms with Gasteiger partial charge in [0.25, 0.3) is 0 Å². The second-order valence-corrected chi connectivity index (χ2v) is 7.55. The first-order valence-corrected chi connectivity index (χ1v) is 8.96. The molecule has 0 radical (unpaired) electrons. The van der Waals surface area contributed by atoms with Crippen molar-refractivity contribution in [2.75, 3.05) is 0 Å². The summed E-state index contributed by atoms with van der Waals surface area (Å²) in [4.78, 5) is 24.8. The summed E-state index contributed by atoms with van der Waals surface area (Å²) < 4.78 is 6.94. The quantitative estimate of drug-likeness (QED) is 0.399. The number of halogens is 2. The maximum absolute atomic E-state index is 12.6. The molecule has 5 heteroatoms. The van der Waals surface area contributed by atoms with Crippen LogP contribution in [0.25, 0.3) is 11.0 Å². The van der Waals surface area contributed by atoms with Crippen molar-refractivity contribution in [1.29, 1.82) is 0 Å². The van der Waals surface area contributed by atoms with Gasteiger partial charge in [-0.1, -0.05) is 39.7 Å². The highest BCUT2D eigenvalue weighted by atomic mass is 79.9. The lowest BCUT2D eigenvalue weighted by molar-refractivity contribution is 0.0991. The summed E-state index contributed by atoms with van der Waals surface area (Å²) in [5.41, 5.74) is 3.00. The van der Waals surface area contributed by atoms with Crippen LogP contribution in [0.1, 0.15) is 27.0 Å². The molecule has 2 aromatic carbocycles. The van der Waals surface area contributed by atoms with Crippen molar-refractivity contribution in [3.05, 3.63) is 78.0 Å². The van der Waals surface area contributed by atoms with Crippen molar-refractivity contribution in [1.82, 2.24) is 0 Å². The molecule has 0 aliphatic heterocycles. The molecule has 0 aliphatic rings. The van der Waals surface area contributed by atoms with Crippen LogP contribution in [0.5, 0.6) is 0 Å². The zero-order valence-electron chi connectivity index (χ0n) is 13.2. The first-order chi connectivity index (χ1) is 11.3. The molecule has 1 heterocycles. The average molecular weight is 450 g/mol. The summed E-state index contributed by atoms with van der Waals surface area (Å²) in [6.45, 7) is 3.88. The molecule has 0 spiro atoms. The first-order valence-electron chi connectivity index (χ1n) is 7.37. The van der Waals surface area contributed by atoms with Gasteiger partial charge in [0.1, 0.15) is 0 Å². The van der Waals surface area contributed by atoms with Crippen LogP contribution in [0.3, 0.4) is 0 Å². The molecule has 0 atom stereocenters. The molecule has 24 heavy (non-hydrogen) atoms. The Morgan fingerprint density at radius 1 is 1.08 bits per heavy atom. The second-order valence-electron chi connectivity index (χ2n) is 5.78. The second kappa shape index (κ2) is 6.65. The monoisotopic (exact) mass is 448 g/mol. The summed E-state index contributed by atoms with van der Waals surface area (Å²) in [6, 6.07) is 11.1. The van der Waals surface area contributed by atoms with E-state index in [9.17, 15) is 9.59 Å². The Morgan fingerprint density at radius 3 is 2.54 bits per heavy atom. The van der Waals surface area contributed by atoms with Gasteiger partial charge in [0.2, 0.25) is 0 Å². The summed E-state index contributed by atoms with van der Waals surface area (Å²) in [5.74, 6) is -0.0896. The standard InChI is InChI=1S/C19H14Br2O3/c1-10-3-4-15(11(2)5-10)17(22)8-13-6-12-7-14(20)9-16(21)18(12)24-19(13)23/h3-7,9H,8H2,1-2H3. The number of carbonyl (C=O) groups is 1. The van der Waals surface area contributed by atoms with E-state index in [1.807, 2.05) is 44.2 Å². The van der Waals surface area contributed by atoms with Gasteiger partial charge in [-0.05, 0) is 53.5 Å². The predicted octanol–water partition coefficient (Wildman–Crippen LogP) is 5.36. The number of ketones is 1. The van der Waals surface area contributed by atoms with Crippen molar-refractivity contribution in [3.8, 4) is 0 Å². The molecule has 0 aliphatic carbocycles. The lowest BCUT2D eigenvalue weighted by atomic mass is 9.98. The highest BCUT2D eigenvalue weighted by molar-refractivity contribution is 9.11. The molecule has 0 bridgehead atoms. The van der Waals surface area contributed by atoms with Crippen LogP contribution >= 0.6 is 31.9 Å². The number of hydrogen-bond acceptors (Lipinski definition) is 3. The molecule has 0 amide bonds. The van der Waals surface area contributed by atoms with E-state index in [4.69, 9.17) is 4.42 Å². The minimum Gasteiger partial charge on any atom is -0.421 e. The molecule has 0 saturated heterocycles. The van der Waals surface area contributed by atoms with Gasteiger partial charge in [-0.15, -0.1) is 0 Å². The van der Waals surface area contributed by atoms with E-state index < -0.39 is 5.63 Å². The number of carbonyl (C=O) groups excluding carboxylic acids is 1. The third kappa shape index (κ3) is 3.37. The number of Topliss-reactive ketones (excluding diaryl/α,β-unsaturated/α-hetero) is 1. The molecule has 0 fully saturated rings. The Kier molecular flexibility index (Phi) is 4.74. The first kappa shape index (κ1) is 17.1. The van der Waals surface area contributed by atoms with Crippen molar-refractivity contribution in [3.63, 3.8) is 0 Å². The number of benzene rings is 2. The number of rotatable bonds is 3. The topological polar surface area (TPSA) is 47.3 Å². The van der Waals surface area contributed by atoms with Crippen LogP contribution < -0.4 is 5.63 Å². The van der Waals surface area contributed by atoms with Crippen LogP contribution in [0.2, 0.25) is 0 Å². The van der Waals surface area contributed by atoms with E-state index in [0.29, 0.717) is 21.2 Å². The van der Waals surface area contributed by atoms with Gasteiger partial charge in [0.15, 0.2) is 11.4 Å². The predicted molar refractivity (Wildman–Crippen MR) is 102 cm³/mol. The third-order valence-corrected chi connectivity index (χ3v) is 4.90. The third-order valence-electron chi connectivity index (χ3n) is 3.86. The van der Waals surface area contributed by atoms with Crippen molar-refractivity contribution >= 4 is 48.6 Å². The van der Waals surface area contributed by atoms with Crippen LogP contribution in [-0.2, 0) is 6.42 Å². The summed E-state index contributed by atoms with van der Waals surface area (Å²) >= 11 is 6.79. The summed E-state index contributed by atoms with van der Waals surface area (Å²) in [7, 11) is 0. The van der Waals surface area contributed by atoms with Gasteiger partial charge in [-0.3, -0.25) is 4.79 Å². The molecule has 1 aromatic heterocycles. The van der Waals surface area contributed by atoms with Gasteiger partial charge < -0.3 is 4.42 Å². The van der Waals surface area contributed by atoms with Gasteiger partial charge in [0, 0.05) is 27.4 Å². The molecular formula is C19H14Br2O3. The number of aryl methyl sites for hydroxylation is 2. The molecule has 3 rings (SSSR count). The van der Waals surface area contributed by atoms with Crippen LogP contribution in [0.4, 0.5) is 0 Å². The Hall–Kier alpha value is -1.72. The maximum Gasteiger partial charge on any atom is 0.339 e. The van der Waals surface area contributed by atoms with Gasteiger partial charge >= 0.3 is 5.63 Å². The Balaban J connectivity index is 2.02. The van der Waals surface area contributed by atoms with E-state index in [1.54, 1.807) is 6.07 Å². The zero-order chi connectivity index (χ0) is 17.4. The Labute approximate surface area is 155 Å². The lowest BCUT2D eigenvalue weighted by Gasteiger charge is -2.07. The van der Waals surface area contributed by atoms with Gasteiger partial charge in [-0.25, -0.2) is 4.79 Å². The Morgan fingerprint density at radius 2 is 1.83 bits per heavy atom. The summed E-state index contributed by atoms with van der Waals surface area (Å²) in [6.07, 6.45) is 0.0201. The molecule has 3 aromatic rings. The smallest absolute Gasteiger partial charge is 0.339 e. The van der Waals surface area contributed by atoms with Crippen molar-refractivity contribution in [2.45, 2.75) is 20.3 Å². The fraction of sp³-hybridized carbons (Fsp3) is 0.158. The van der Waals surface area contributed by atoms with E-state index in [1.165, 1.54) is 0 Å². The largest absolute Gasteiger partial charge is 0.421 e. The maximum atomic E-state index is 12.6. The van der Waals surface area contributed by atoms with Crippen molar-refractivity contribution in [2.24, 2.45) is 0 Å². The van der Waals surface area contributed by atoms with Crippen LogP contribution in [-0.4, -0.2) is 5.78 Å². The summed E-state index contributed by atoms with van der Waals surface area (Å²) in [5, 5.41) is 0.763. The minimum atomic E-state index is -0.483. The fourth-order valence-corrected chi connectivity index (χ4v) is 4.06. The van der Waals surface area contributed by atoms with E-state index in [2.05, 4.69) is 31.9 Å². The highest BCUT2D eigenvalue weighted by Crippen LogP contribution is 2.28. The van der Waals surface area contributed by atoms with Crippen molar-refractivity contribution < 1.29 is 9.21 Å². The molecule has 0 N–H and O–H groups in total. The minimum absolute atomic E-state index is 0.0201. The van der Waals surface area contributed by atoms with Gasteiger partial charge in [0.05, 0.1) is 4.47 Å². The molecule has 122 valence electrons. The molecule has 3 nitrogen and oxygen atoms in total. The normalized spacial score (nSPS) is 11.0. The number of fused-ring (bicyclic) bond motifs is 1. The zero-order valence-corrected chi connectivity index (χ0v) is 16.3. The van der Waals surface area contributed by atoms with Gasteiger partial charge in [-0.2, -0.15) is 0 Å². The number of hydrogen-bond donors (Lipinski definition) is 0. The molecule has 0 unspecified atom stereocenters. The van der Waals surface area contributed by atoms with E-state index in [-0.39, 0.29) is 12.2 Å². The SMILES string of the molecule is Cc1ccc(C(=O)Cc2cc3cc(Br)cc(Br)c3oc2=O)c(C)c1. The molecular weight excluding hydrogens is 436 g/mol. The van der Waals surface area contributed by atoms with E-state index >= 15 is 0 Å². The van der Waals surface area contributed by atoms with E-state index in [0.717, 1.165) is 21.0 Å². The highest BCUT2D eigenvalue weighted by Gasteiger charge is 2.15. The average Bonchev–Trinajstić information content (AvgIpc) is 2.48. The van der Waals surface area contributed by atoms with Crippen LogP contribution in [0, 0.1) is 13.8 Å².